The highest BCUT2D eigenvalue weighted by molar-refractivity contribution is 7.92. The summed E-state index contributed by atoms with van der Waals surface area (Å²) < 4.78 is 34.3. The molecule has 0 unspecified atom stereocenters. The predicted molar refractivity (Wildman–Crippen MR) is 127 cm³/mol. The van der Waals surface area contributed by atoms with E-state index in [9.17, 15) is 8.42 Å². The summed E-state index contributed by atoms with van der Waals surface area (Å²) in [6.45, 7) is 0. The van der Waals surface area contributed by atoms with Crippen molar-refractivity contribution in [3.63, 3.8) is 0 Å². The topological polar surface area (TPSA) is 128 Å². The van der Waals surface area contributed by atoms with Crippen LogP contribution >= 0.6 is 12.2 Å². The first kappa shape index (κ1) is 21.6. The number of para-hydroxylation sites is 2. The number of hydrogen-bond donors (Lipinski definition) is 1. The van der Waals surface area contributed by atoms with E-state index in [1.54, 1.807) is 30.3 Å². The molecule has 0 atom stereocenters. The first-order valence-electron chi connectivity index (χ1n) is 9.89. The quantitative estimate of drug-likeness (QED) is 0.258. The van der Waals surface area contributed by atoms with E-state index in [1.807, 2.05) is 24.3 Å². The Hall–Kier alpha value is -4.29. The molecule has 0 amide bonds. The molecule has 3 heterocycles. The van der Waals surface area contributed by atoms with Gasteiger partial charge < -0.3 is 4.52 Å². The van der Waals surface area contributed by atoms with Crippen molar-refractivity contribution < 1.29 is 12.9 Å². The average molecular weight is 490 g/mol. The lowest BCUT2D eigenvalue weighted by Crippen LogP contribution is -2.13. The van der Waals surface area contributed by atoms with E-state index in [1.165, 1.54) is 35.5 Å². The zero-order chi connectivity index (χ0) is 23.5. The number of hydrogen-bond acceptors (Lipinski definition) is 9. The van der Waals surface area contributed by atoms with Gasteiger partial charge in [0, 0.05) is 6.20 Å². The smallest absolute Gasteiger partial charge is 0.263 e. The van der Waals surface area contributed by atoms with E-state index in [4.69, 9.17) is 16.7 Å². The number of aromatic nitrogens is 4. The second kappa shape index (κ2) is 8.92. The predicted octanol–water partition coefficient (Wildman–Crippen LogP) is 5.16. The molecule has 0 bridgehead atoms. The standard InChI is InChI=1S/C22H15N7O3S2/c30-34(31,27-20-7-3-4-12-23-20)17-10-8-16(9-11-17)26-28-29-19-6-2-1-5-18(19)25-21(22(29)33)15-13-24-32-14-15/h1-14H,(H,23,27). The number of nitrogens with one attached hydrogen (secondary N) is 1. The summed E-state index contributed by atoms with van der Waals surface area (Å²) in [6, 6.07) is 18.3. The fraction of sp³-hybridized carbons (Fsp3) is 0. The van der Waals surface area contributed by atoms with Gasteiger partial charge in [0.1, 0.15) is 17.8 Å². The van der Waals surface area contributed by atoms with Crippen molar-refractivity contribution in [3.8, 4) is 11.3 Å². The molecule has 1 N–H and O–H groups in total. The second-order valence-corrected chi connectivity index (χ2v) is 9.05. The molecule has 0 aliphatic carbocycles. The van der Waals surface area contributed by atoms with Gasteiger partial charge in [0.25, 0.3) is 10.0 Å². The minimum absolute atomic E-state index is 0.0674. The molecule has 2 aromatic carbocycles. The minimum atomic E-state index is -3.79. The van der Waals surface area contributed by atoms with Gasteiger partial charge in [-0.2, -0.15) is 4.68 Å². The molecule has 10 nitrogen and oxygen atoms in total. The van der Waals surface area contributed by atoms with E-state index in [0.717, 1.165) is 0 Å². The summed E-state index contributed by atoms with van der Waals surface area (Å²) in [5.74, 6) is 0.230. The summed E-state index contributed by atoms with van der Waals surface area (Å²) in [5.41, 5.74) is 2.86. The minimum Gasteiger partial charge on any atom is -0.364 e. The van der Waals surface area contributed by atoms with Crippen molar-refractivity contribution in [3.05, 3.63) is 90.0 Å². The Labute approximate surface area is 198 Å². The molecule has 5 rings (SSSR count). The SMILES string of the molecule is O=S(=O)(Nc1ccccn1)c1ccc(N=Nn2c(=S)c(-c3cnoc3)nc3ccccc32)cc1. The van der Waals surface area contributed by atoms with E-state index >= 15 is 0 Å². The highest BCUT2D eigenvalue weighted by Crippen LogP contribution is 2.24. The van der Waals surface area contributed by atoms with E-state index in [0.29, 0.717) is 32.6 Å². The second-order valence-electron chi connectivity index (χ2n) is 6.98. The number of benzene rings is 2. The van der Waals surface area contributed by atoms with Crippen LogP contribution in [0.1, 0.15) is 0 Å². The lowest BCUT2D eigenvalue weighted by Gasteiger charge is -2.08. The Bertz CT molecular complexity index is 1650. The van der Waals surface area contributed by atoms with Gasteiger partial charge in [-0.1, -0.05) is 40.8 Å². The molecular weight excluding hydrogens is 474 g/mol. The van der Waals surface area contributed by atoms with Crippen LogP contribution in [-0.2, 0) is 10.0 Å². The highest BCUT2D eigenvalue weighted by Gasteiger charge is 2.15. The van der Waals surface area contributed by atoms with Gasteiger partial charge in [0.05, 0.1) is 33.4 Å². The fourth-order valence-electron chi connectivity index (χ4n) is 3.12. The maximum Gasteiger partial charge on any atom is 0.263 e. The van der Waals surface area contributed by atoms with E-state index in [2.05, 4.69) is 30.2 Å². The average Bonchev–Trinajstić information content (AvgIpc) is 3.39. The number of anilines is 1. The third kappa shape index (κ3) is 4.31. The normalized spacial score (nSPS) is 11.8. The highest BCUT2D eigenvalue weighted by atomic mass is 32.2. The lowest BCUT2D eigenvalue weighted by atomic mass is 10.2. The van der Waals surface area contributed by atoms with Gasteiger partial charge >= 0.3 is 0 Å². The Morgan fingerprint density at radius 1 is 1.00 bits per heavy atom. The summed E-state index contributed by atoms with van der Waals surface area (Å²) >= 11 is 5.60. The summed E-state index contributed by atoms with van der Waals surface area (Å²) in [6.07, 6.45) is 4.48. The Balaban J connectivity index is 1.47. The van der Waals surface area contributed by atoms with Gasteiger partial charge in [-0.05, 0) is 48.5 Å². The van der Waals surface area contributed by atoms with Crippen LogP contribution in [0.3, 0.4) is 0 Å². The van der Waals surface area contributed by atoms with Crippen LogP contribution in [0.5, 0.6) is 0 Å². The number of sulfonamides is 1. The van der Waals surface area contributed by atoms with E-state index in [-0.39, 0.29) is 10.7 Å². The van der Waals surface area contributed by atoms with Crippen LogP contribution < -0.4 is 4.72 Å². The van der Waals surface area contributed by atoms with Crippen molar-refractivity contribution >= 4 is 44.8 Å². The number of nitrogens with zero attached hydrogens (tertiary/aromatic N) is 6. The third-order valence-corrected chi connectivity index (χ3v) is 6.48. The van der Waals surface area contributed by atoms with Gasteiger partial charge in [-0.15, -0.1) is 5.11 Å². The summed E-state index contributed by atoms with van der Waals surface area (Å²) in [7, 11) is -3.79. The van der Waals surface area contributed by atoms with Gasteiger partial charge in [0.2, 0.25) is 0 Å². The molecule has 5 aromatic rings. The van der Waals surface area contributed by atoms with Gasteiger partial charge in [-0.3, -0.25) is 4.72 Å². The van der Waals surface area contributed by atoms with Crippen LogP contribution in [0.15, 0.2) is 105 Å². The molecular formula is C22H15N7O3S2. The monoisotopic (exact) mass is 489 g/mol. The van der Waals surface area contributed by atoms with Crippen LogP contribution in [0.25, 0.3) is 22.3 Å². The molecule has 12 heteroatoms. The van der Waals surface area contributed by atoms with Crippen LogP contribution in [0.2, 0.25) is 0 Å². The van der Waals surface area contributed by atoms with Crippen LogP contribution in [0.4, 0.5) is 11.5 Å². The van der Waals surface area contributed by atoms with Crippen molar-refractivity contribution in [1.29, 1.82) is 0 Å². The van der Waals surface area contributed by atoms with E-state index < -0.39 is 10.0 Å². The lowest BCUT2D eigenvalue weighted by molar-refractivity contribution is 0.420. The number of fused-ring (bicyclic) bond motifs is 1. The van der Waals surface area contributed by atoms with Gasteiger partial charge in [0.15, 0.2) is 4.64 Å². The zero-order valence-corrected chi connectivity index (χ0v) is 18.9. The summed E-state index contributed by atoms with van der Waals surface area (Å²) in [5, 5.41) is 12.3. The molecule has 3 aromatic heterocycles. The molecule has 0 radical (unpaired) electrons. The zero-order valence-electron chi connectivity index (χ0n) is 17.3. The molecule has 0 spiro atoms. The maximum absolute atomic E-state index is 12.6. The van der Waals surface area contributed by atoms with Crippen LogP contribution in [0, 0.1) is 4.64 Å². The first-order valence-corrected chi connectivity index (χ1v) is 11.8. The molecule has 0 saturated heterocycles. The van der Waals surface area contributed by atoms with Crippen LogP contribution in [-0.4, -0.2) is 28.2 Å². The maximum atomic E-state index is 12.6. The molecule has 0 fully saturated rings. The molecule has 168 valence electrons. The number of rotatable bonds is 6. The van der Waals surface area contributed by atoms with Crippen molar-refractivity contribution in [2.45, 2.75) is 4.90 Å². The largest absolute Gasteiger partial charge is 0.364 e. The van der Waals surface area contributed by atoms with Gasteiger partial charge in [-0.25, -0.2) is 18.4 Å². The molecule has 0 saturated carbocycles. The Morgan fingerprint density at radius 2 is 1.79 bits per heavy atom. The molecule has 34 heavy (non-hydrogen) atoms. The Kier molecular flexibility index (Phi) is 5.65. The Morgan fingerprint density at radius 3 is 2.53 bits per heavy atom. The third-order valence-electron chi connectivity index (χ3n) is 4.74. The van der Waals surface area contributed by atoms with Crippen molar-refractivity contribution in [2.75, 3.05) is 4.72 Å². The fourth-order valence-corrected chi connectivity index (χ4v) is 4.43. The van der Waals surface area contributed by atoms with Crippen molar-refractivity contribution in [1.82, 2.24) is 19.8 Å². The van der Waals surface area contributed by atoms with Crippen molar-refractivity contribution in [2.24, 2.45) is 10.3 Å². The summed E-state index contributed by atoms with van der Waals surface area (Å²) in [4.78, 5) is 8.65. The molecule has 0 aliphatic heterocycles. The number of pyridine rings is 1. The molecule has 0 aliphatic rings. The first-order chi connectivity index (χ1) is 16.5.